The first-order chi connectivity index (χ1) is 19.1. The SMILES string of the molecule is CCn1cc(-c2cc(C(F)(F)F)nc3sc(C(N)=O)c(NC(=O)C(C)n4nc(C(F)(F)F)cc4C4CC4)c23)c(C)n1. The number of carbonyl (C=O) groups is 2. The molecule has 4 heterocycles. The summed E-state index contributed by atoms with van der Waals surface area (Å²) in [6, 6.07) is 0.440. The van der Waals surface area contributed by atoms with Gasteiger partial charge in [-0.1, -0.05) is 0 Å². The molecular formula is C25H23F6N7O2S. The van der Waals surface area contributed by atoms with Crippen LogP contribution in [0.2, 0.25) is 0 Å². The average Bonchev–Trinajstić information content (AvgIpc) is 3.33. The maximum Gasteiger partial charge on any atom is 0.435 e. The fraction of sp³-hybridized carbons (Fsp3) is 0.400. The lowest BCUT2D eigenvalue weighted by molar-refractivity contribution is -0.142. The van der Waals surface area contributed by atoms with Crippen molar-refractivity contribution in [2.45, 2.75) is 64.5 Å². The van der Waals surface area contributed by atoms with Crippen molar-refractivity contribution in [2.24, 2.45) is 5.73 Å². The molecule has 0 saturated heterocycles. The van der Waals surface area contributed by atoms with E-state index in [1.54, 1.807) is 13.8 Å². The van der Waals surface area contributed by atoms with Crippen LogP contribution in [0, 0.1) is 6.92 Å². The summed E-state index contributed by atoms with van der Waals surface area (Å²) in [6.45, 7) is 5.14. The van der Waals surface area contributed by atoms with E-state index < -0.39 is 41.6 Å². The van der Waals surface area contributed by atoms with Crippen LogP contribution in [0.15, 0.2) is 18.3 Å². The predicted octanol–water partition coefficient (Wildman–Crippen LogP) is 5.90. The summed E-state index contributed by atoms with van der Waals surface area (Å²) < 4.78 is 84.2. The second-order valence-corrected chi connectivity index (χ2v) is 10.7. The molecule has 16 heteroatoms. The van der Waals surface area contributed by atoms with Crippen LogP contribution in [-0.2, 0) is 23.7 Å². The van der Waals surface area contributed by atoms with E-state index >= 15 is 0 Å². The first-order valence-corrected chi connectivity index (χ1v) is 13.3. The minimum atomic E-state index is -4.83. The highest BCUT2D eigenvalue weighted by atomic mass is 32.1. The van der Waals surface area contributed by atoms with Gasteiger partial charge in [0.25, 0.3) is 5.91 Å². The third kappa shape index (κ3) is 5.27. The third-order valence-electron chi connectivity index (χ3n) is 6.78. The zero-order chi connectivity index (χ0) is 30.0. The Morgan fingerprint density at radius 3 is 2.29 bits per heavy atom. The Morgan fingerprint density at radius 1 is 1.10 bits per heavy atom. The Balaban J connectivity index is 1.66. The zero-order valence-corrected chi connectivity index (χ0v) is 22.6. The molecule has 0 bridgehead atoms. The number of fused-ring (bicyclic) bond motifs is 1. The summed E-state index contributed by atoms with van der Waals surface area (Å²) in [6.07, 6.45) is -6.75. The van der Waals surface area contributed by atoms with Gasteiger partial charge in [0.2, 0.25) is 5.91 Å². The Morgan fingerprint density at radius 2 is 1.76 bits per heavy atom. The van der Waals surface area contributed by atoms with Gasteiger partial charge in [-0.15, -0.1) is 11.3 Å². The van der Waals surface area contributed by atoms with Crippen molar-refractivity contribution in [3.63, 3.8) is 0 Å². The smallest absolute Gasteiger partial charge is 0.365 e. The largest absolute Gasteiger partial charge is 0.435 e. The minimum Gasteiger partial charge on any atom is -0.365 e. The summed E-state index contributed by atoms with van der Waals surface area (Å²) >= 11 is 0.566. The van der Waals surface area contributed by atoms with Gasteiger partial charge in [-0.3, -0.25) is 19.0 Å². The van der Waals surface area contributed by atoms with Gasteiger partial charge in [-0.25, -0.2) is 4.98 Å². The van der Waals surface area contributed by atoms with Crippen LogP contribution in [0.3, 0.4) is 0 Å². The quantitative estimate of drug-likeness (QED) is 0.257. The normalized spacial score (nSPS) is 15.0. The van der Waals surface area contributed by atoms with Gasteiger partial charge >= 0.3 is 12.4 Å². The van der Waals surface area contributed by atoms with E-state index in [-0.39, 0.29) is 38.0 Å². The van der Waals surface area contributed by atoms with Crippen molar-refractivity contribution in [3.8, 4) is 11.1 Å². The molecule has 4 aromatic rings. The highest BCUT2D eigenvalue weighted by Gasteiger charge is 2.40. The standard InChI is InChI=1S/C25H23F6N7O2S/c1-4-37-9-14(10(2)35-37)13-7-16(24(26,27)28)33-23-18(13)19(20(41-23)21(32)39)34-22(40)11(3)38-15(12-5-6-12)8-17(36-38)25(29,30)31/h7-9,11-12H,4-6H2,1-3H3,(H2,32,39)(H,34,40). The molecule has 1 fully saturated rings. The summed E-state index contributed by atoms with van der Waals surface area (Å²) in [5, 5.41) is 10.5. The van der Waals surface area contributed by atoms with Crippen molar-refractivity contribution in [3.05, 3.63) is 46.0 Å². The first-order valence-electron chi connectivity index (χ1n) is 12.5. The predicted molar refractivity (Wildman–Crippen MR) is 137 cm³/mol. The third-order valence-corrected chi connectivity index (χ3v) is 7.88. The molecule has 1 aliphatic rings. The number of anilines is 1. The molecule has 1 aliphatic carbocycles. The molecule has 9 nitrogen and oxygen atoms in total. The summed E-state index contributed by atoms with van der Waals surface area (Å²) in [7, 11) is 0. The van der Waals surface area contributed by atoms with Crippen LogP contribution in [0.1, 0.15) is 71.1 Å². The molecule has 1 saturated carbocycles. The van der Waals surface area contributed by atoms with E-state index in [0.29, 0.717) is 42.0 Å². The van der Waals surface area contributed by atoms with Gasteiger partial charge in [0.1, 0.15) is 21.4 Å². The van der Waals surface area contributed by atoms with Crippen LogP contribution in [-0.4, -0.2) is 36.4 Å². The number of primary amides is 1. The van der Waals surface area contributed by atoms with E-state index in [1.165, 1.54) is 17.8 Å². The lowest BCUT2D eigenvalue weighted by atomic mass is 10.0. The molecule has 2 amide bonds. The molecule has 5 rings (SSSR count). The molecule has 3 N–H and O–H groups in total. The maximum absolute atomic E-state index is 13.8. The molecule has 0 radical (unpaired) electrons. The summed E-state index contributed by atoms with van der Waals surface area (Å²) in [4.78, 5) is 29.1. The second-order valence-electron chi connectivity index (χ2n) is 9.72. The highest BCUT2D eigenvalue weighted by molar-refractivity contribution is 7.21. The number of thiophene rings is 1. The first kappa shape index (κ1) is 28.6. The molecule has 1 unspecified atom stereocenters. The Bertz CT molecular complexity index is 1680. The van der Waals surface area contributed by atoms with E-state index in [2.05, 4.69) is 20.5 Å². The van der Waals surface area contributed by atoms with Crippen LogP contribution in [0.5, 0.6) is 0 Å². The lowest BCUT2D eigenvalue weighted by Crippen LogP contribution is -2.27. The number of pyridine rings is 1. The van der Waals surface area contributed by atoms with Gasteiger partial charge in [-0.05, 0) is 51.3 Å². The van der Waals surface area contributed by atoms with Crippen molar-refractivity contribution in [1.29, 1.82) is 0 Å². The number of aryl methyl sites for hydroxylation is 2. The van der Waals surface area contributed by atoms with E-state index in [4.69, 9.17) is 5.73 Å². The van der Waals surface area contributed by atoms with Crippen molar-refractivity contribution < 1.29 is 35.9 Å². The Hall–Kier alpha value is -3.95. The molecule has 41 heavy (non-hydrogen) atoms. The van der Waals surface area contributed by atoms with E-state index in [1.807, 2.05) is 0 Å². The fourth-order valence-electron chi connectivity index (χ4n) is 4.57. The molecular weight excluding hydrogens is 576 g/mol. The molecule has 1 atom stereocenters. The fourth-order valence-corrected chi connectivity index (χ4v) is 5.58. The Labute approximate surface area is 232 Å². The molecule has 0 spiro atoms. The minimum absolute atomic E-state index is 0.00310. The number of hydrogen-bond acceptors (Lipinski definition) is 6. The number of aromatic nitrogens is 5. The summed E-state index contributed by atoms with van der Waals surface area (Å²) in [5.41, 5.74) is 3.92. The monoisotopic (exact) mass is 599 g/mol. The van der Waals surface area contributed by atoms with E-state index in [0.717, 1.165) is 16.8 Å². The topological polar surface area (TPSA) is 121 Å². The molecule has 4 aromatic heterocycles. The highest BCUT2D eigenvalue weighted by Crippen LogP contribution is 2.45. The number of amides is 2. The molecule has 0 aliphatic heterocycles. The van der Waals surface area contributed by atoms with Crippen LogP contribution >= 0.6 is 11.3 Å². The summed E-state index contributed by atoms with van der Waals surface area (Å²) in [5.74, 6) is -2.07. The molecule has 218 valence electrons. The molecule has 0 aromatic carbocycles. The van der Waals surface area contributed by atoms with Gasteiger partial charge in [0, 0.05) is 35.3 Å². The number of nitrogens with one attached hydrogen (secondary N) is 1. The average molecular weight is 600 g/mol. The number of rotatable bonds is 7. The Kier molecular flexibility index (Phi) is 6.87. The number of alkyl halides is 6. The van der Waals surface area contributed by atoms with E-state index in [9.17, 15) is 35.9 Å². The van der Waals surface area contributed by atoms with Crippen LogP contribution in [0.25, 0.3) is 21.3 Å². The van der Waals surface area contributed by atoms with Crippen molar-refractivity contribution >= 4 is 39.1 Å². The van der Waals surface area contributed by atoms with Gasteiger partial charge in [0.15, 0.2) is 5.69 Å². The van der Waals surface area contributed by atoms with Crippen molar-refractivity contribution in [2.75, 3.05) is 5.32 Å². The van der Waals surface area contributed by atoms with Gasteiger partial charge in [0.05, 0.1) is 11.4 Å². The van der Waals surface area contributed by atoms with Gasteiger partial charge in [-0.2, -0.15) is 36.5 Å². The van der Waals surface area contributed by atoms with Gasteiger partial charge < -0.3 is 11.1 Å². The number of nitrogens with zero attached hydrogens (tertiary/aromatic N) is 5. The number of nitrogens with two attached hydrogens (primary N) is 1. The number of halogens is 6. The number of hydrogen-bond donors (Lipinski definition) is 2. The maximum atomic E-state index is 13.8. The second kappa shape index (κ2) is 9.85. The zero-order valence-electron chi connectivity index (χ0n) is 21.8. The van der Waals surface area contributed by atoms with Crippen molar-refractivity contribution in [1.82, 2.24) is 24.5 Å². The lowest BCUT2D eigenvalue weighted by Gasteiger charge is -2.17. The van der Waals surface area contributed by atoms with Crippen LogP contribution < -0.4 is 11.1 Å². The van der Waals surface area contributed by atoms with Crippen LogP contribution in [0.4, 0.5) is 32.0 Å². The number of carbonyl (C=O) groups excluding carboxylic acids is 2.